The lowest BCUT2D eigenvalue weighted by Gasteiger charge is -2.11. The number of aromatic nitrogens is 1. The minimum Gasteiger partial charge on any atom is -0.399 e. The SMILES string of the molecule is Cc1cc(=O)n(C2CCc3ccc(N)cc32)o1. The van der Waals surface area contributed by atoms with Gasteiger partial charge in [-0.25, -0.2) is 0 Å². The van der Waals surface area contributed by atoms with E-state index in [-0.39, 0.29) is 11.6 Å². The zero-order chi connectivity index (χ0) is 12.0. The van der Waals surface area contributed by atoms with E-state index in [1.807, 2.05) is 18.2 Å². The highest BCUT2D eigenvalue weighted by Crippen LogP contribution is 2.34. The summed E-state index contributed by atoms with van der Waals surface area (Å²) in [6.07, 6.45) is 1.86. The summed E-state index contributed by atoms with van der Waals surface area (Å²) in [7, 11) is 0. The van der Waals surface area contributed by atoms with Crippen molar-refractivity contribution >= 4 is 5.69 Å². The van der Waals surface area contributed by atoms with Crippen molar-refractivity contribution in [2.24, 2.45) is 0 Å². The molecule has 0 saturated heterocycles. The second-order valence-electron chi connectivity index (χ2n) is 4.52. The Hall–Kier alpha value is -1.97. The molecule has 4 heteroatoms. The average molecular weight is 230 g/mol. The van der Waals surface area contributed by atoms with Gasteiger partial charge in [0.1, 0.15) is 5.76 Å². The smallest absolute Gasteiger partial charge is 0.283 e. The van der Waals surface area contributed by atoms with Crippen LogP contribution in [0.5, 0.6) is 0 Å². The molecule has 0 spiro atoms. The second-order valence-corrected chi connectivity index (χ2v) is 4.52. The van der Waals surface area contributed by atoms with Crippen molar-refractivity contribution in [1.82, 2.24) is 4.74 Å². The van der Waals surface area contributed by atoms with E-state index in [1.165, 1.54) is 16.4 Å². The second kappa shape index (κ2) is 3.52. The maximum atomic E-state index is 11.8. The number of rotatable bonds is 1. The van der Waals surface area contributed by atoms with Crippen LogP contribution in [0, 0.1) is 6.92 Å². The summed E-state index contributed by atoms with van der Waals surface area (Å²) < 4.78 is 6.92. The quantitative estimate of drug-likeness (QED) is 0.761. The molecule has 3 rings (SSSR count). The Morgan fingerprint density at radius 2 is 2.24 bits per heavy atom. The molecule has 0 saturated carbocycles. The van der Waals surface area contributed by atoms with E-state index >= 15 is 0 Å². The maximum absolute atomic E-state index is 11.8. The number of aryl methyl sites for hydroxylation is 2. The molecule has 1 aliphatic rings. The van der Waals surface area contributed by atoms with Crippen LogP contribution in [0.25, 0.3) is 0 Å². The Morgan fingerprint density at radius 1 is 1.41 bits per heavy atom. The summed E-state index contributed by atoms with van der Waals surface area (Å²) in [6, 6.07) is 7.39. The fourth-order valence-electron chi connectivity index (χ4n) is 2.52. The van der Waals surface area contributed by atoms with Crippen LogP contribution in [-0.4, -0.2) is 4.74 Å². The lowest BCUT2D eigenvalue weighted by atomic mass is 10.1. The third-order valence-electron chi connectivity index (χ3n) is 3.29. The number of nitrogens with two attached hydrogens (primary N) is 1. The van der Waals surface area contributed by atoms with Gasteiger partial charge in [0, 0.05) is 11.8 Å². The van der Waals surface area contributed by atoms with Gasteiger partial charge in [0.15, 0.2) is 0 Å². The molecule has 4 nitrogen and oxygen atoms in total. The van der Waals surface area contributed by atoms with E-state index in [0.717, 1.165) is 24.1 Å². The number of fused-ring (bicyclic) bond motifs is 1. The van der Waals surface area contributed by atoms with Crippen molar-refractivity contribution in [3.8, 4) is 0 Å². The lowest BCUT2D eigenvalue weighted by molar-refractivity contribution is 0.221. The third kappa shape index (κ3) is 1.56. The van der Waals surface area contributed by atoms with Crippen LogP contribution in [0.3, 0.4) is 0 Å². The number of hydrogen-bond acceptors (Lipinski definition) is 3. The molecule has 1 atom stereocenters. The molecule has 1 aliphatic carbocycles. The molecule has 1 heterocycles. The van der Waals surface area contributed by atoms with Gasteiger partial charge in [-0.2, -0.15) is 4.74 Å². The van der Waals surface area contributed by atoms with Crippen molar-refractivity contribution in [3.63, 3.8) is 0 Å². The maximum Gasteiger partial charge on any atom is 0.283 e. The lowest BCUT2D eigenvalue weighted by Crippen LogP contribution is -2.19. The first-order chi connectivity index (χ1) is 8.15. The fraction of sp³-hybridized carbons (Fsp3) is 0.308. The number of anilines is 1. The van der Waals surface area contributed by atoms with Crippen LogP contribution in [0.15, 0.2) is 33.6 Å². The van der Waals surface area contributed by atoms with Gasteiger partial charge in [-0.15, -0.1) is 0 Å². The van der Waals surface area contributed by atoms with Crippen LogP contribution in [0.2, 0.25) is 0 Å². The number of hydrogen-bond donors (Lipinski definition) is 1. The van der Waals surface area contributed by atoms with Crippen molar-refractivity contribution in [2.45, 2.75) is 25.8 Å². The van der Waals surface area contributed by atoms with Crippen LogP contribution in [0.4, 0.5) is 5.69 Å². The van der Waals surface area contributed by atoms with Crippen LogP contribution < -0.4 is 11.3 Å². The van der Waals surface area contributed by atoms with E-state index in [4.69, 9.17) is 10.3 Å². The summed E-state index contributed by atoms with van der Waals surface area (Å²) in [5, 5.41) is 0. The van der Waals surface area contributed by atoms with Gasteiger partial charge in [0.2, 0.25) is 0 Å². The highest BCUT2D eigenvalue weighted by molar-refractivity contribution is 5.48. The van der Waals surface area contributed by atoms with Gasteiger partial charge in [0.05, 0.1) is 6.04 Å². The largest absolute Gasteiger partial charge is 0.399 e. The first-order valence-corrected chi connectivity index (χ1v) is 5.73. The van der Waals surface area contributed by atoms with Crippen molar-refractivity contribution < 1.29 is 4.52 Å². The van der Waals surface area contributed by atoms with Gasteiger partial charge >= 0.3 is 0 Å². The molecule has 1 aromatic carbocycles. The van der Waals surface area contributed by atoms with Crippen LogP contribution in [-0.2, 0) is 6.42 Å². The Labute approximate surface area is 98.6 Å². The first kappa shape index (κ1) is 10.2. The minimum absolute atomic E-state index is 0.00491. The number of nitrogens with zero attached hydrogens (tertiary/aromatic N) is 1. The molecule has 0 bridgehead atoms. The topological polar surface area (TPSA) is 61.2 Å². The molecule has 17 heavy (non-hydrogen) atoms. The van der Waals surface area contributed by atoms with E-state index in [2.05, 4.69) is 0 Å². The molecular formula is C13H14N2O2. The number of benzene rings is 1. The molecule has 2 aromatic rings. The monoisotopic (exact) mass is 230 g/mol. The Bertz CT molecular complexity index is 625. The van der Waals surface area contributed by atoms with Crippen molar-refractivity contribution in [3.05, 3.63) is 51.5 Å². The van der Waals surface area contributed by atoms with Gasteiger partial charge in [0.25, 0.3) is 5.56 Å². The molecule has 1 aromatic heterocycles. The molecule has 0 amide bonds. The molecule has 2 N–H and O–H groups in total. The highest BCUT2D eigenvalue weighted by Gasteiger charge is 2.26. The Kier molecular flexibility index (Phi) is 2.11. The standard InChI is InChI=1S/C13H14N2O2/c1-8-6-13(16)15(17-8)12-5-3-9-2-4-10(14)7-11(9)12/h2,4,6-7,12H,3,5,14H2,1H3. The predicted octanol–water partition coefficient (Wildman–Crippen LogP) is 1.87. The Balaban J connectivity index is 2.12. The summed E-state index contributed by atoms with van der Waals surface area (Å²) >= 11 is 0. The van der Waals surface area contributed by atoms with Crippen LogP contribution >= 0.6 is 0 Å². The molecular weight excluding hydrogens is 216 g/mol. The summed E-state index contributed by atoms with van der Waals surface area (Å²) in [4.78, 5) is 11.8. The summed E-state index contributed by atoms with van der Waals surface area (Å²) in [5.41, 5.74) is 8.81. The average Bonchev–Trinajstić information content (AvgIpc) is 2.81. The van der Waals surface area contributed by atoms with Crippen molar-refractivity contribution in [1.29, 1.82) is 0 Å². The molecule has 0 aliphatic heterocycles. The van der Waals surface area contributed by atoms with Crippen molar-refractivity contribution in [2.75, 3.05) is 5.73 Å². The molecule has 0 radical (unpaired) electrons. The normalized spacial score (nSPS) is 18.3. The van der Waals surface area contributed by atoms with E-state index in [0.29, 0.717) is 5.76 Å². The molecule has 88 valence electrons. The van der Waals surface area contributed by atoms with Crippen LogP contribution in [0.1, 0.15) is 29.3 Å². The minimum atomic E-state index is -0.0808. The van der Waals surface area contributed by atoms with Gasteiger partial charge in [-0.05, 0) is 43.0 Å². The number of nitrogen functional groups attached to an aromatic ring is 1. The van der Waals surface area contributed by atoms with E-state index in [1.54, 1.807) is 6.92 Å². The molecule has 1 unspecified atom stereocenters. The zero-order valence-electron chi connectivity index (χ0n) is 9.64. The van der Waals surface area contributed by atoms with Gasteiger partial charge < -0.3 is 10.3 Å². The first-order valence-electron chi connectivity index (χ1n) is 5.73. The summed E-state index contributed by atoms with van der Waals surface area (Å²) in [5.74, 6) is 0.646. The third-order valence-corrected chi connectivity index (χ3v) is 3.29. The zero-order valence-corrected chi connectivity index (χ0v) is 9.64. The molecule has 0 fully saturated rings. The Morgan fingerprint density at radius 3 is 2.94 bits per heavy atom. The van der Waals surface area contributed by atoms with E-state index in [9.17, 15) is 4.79 Å². The highest BCUT2D eigenvalue weighted by atomic mass is 16.5. The van der Waals surface area contributed by atoms with Gasteiger partial charge in [-0.3, -0.25) is 4.79 Å². The predicted molar refractivity (Wildman–Crippen MR) is 65.0 cm³/mol. The van der Waals surface area contributed by atoms with Gasteiger partial charge in [-0.1, -0.05) is 6.07 Å². The van der Waals surface area contributed by atoms with E-state index < -0.39 is 0 Å². The summed E-state index contributed by atoms with van der Waals surface area (Å²) in [6.45, 7) is 1.78. The fourth-order valence-corrected chi connectivity index (χ4v) is 2.52.